The summed E-state index contributed by atoms with van der Waals surface area (Å²) in [4.78, 5) is -0.580. The van der Waals surface area contributed by atoms with E-state index in [1.54, 1.807) is 6.07 Å². The maximum atomic E-state index is 13.8. The molecule has 2 aromatic rings. The van der Waals surface area contributed by atoms with E-state index in [4.69, 9.17) is 0 Å². The standard InChI is InChI=1S/C14H10BrF3/c1-8-5-13(18)11(7-12(8)17)14(15)9-3-2-4-10(16)6-9/h2-7,14H,1H3. The van der Waals surface area contributed by atoms with Gasteiger partial charge in [-0.2, -0.15) is 0 Å². The van der Waals surface area contributed by atoms with Crippen molar-refractivity contribution in [2.75, 3.05) is 0 Å². The molecule has 4 heteroatoms. The highest BCUT2D eigenvalue weighted by atomic mass is 79.9. The first-order valence-electron chi connectivity index (χ1n) is 5.34. The molecule has 2 aromatic carbocycles. The Morgan fingerprint density at radius 3 is 2.39 bits per heavy atom. The van der Waals surface area contributed by atoms with Gasteiger partial charge in [0.2, 0.25) is 0 Å². The minimum atomic E-state index is -0.580. The van der Waals surface area contributed by atoms with Crippen molar-refractivity contribution in [3.63, 3.8) is 0 Å². The lowest BCUT2D eigenvalue weighted by Crippen LogP contribution is -1.99. The van der Waals surface area contributed by atoms with Crippen molar-refractivity contribution in [1.29, 1.82) is 0 Å². The normalized spacial score (nSPS) is 12.5. The third-order valence-electron chi connectivity index (χ3n) is 2.69. The van der Waals surface area contributed by atoms with Crippen LogP contribution in [0, 0.1) is 24.4 Å². The maximum Gasteiger partial charge on any atom is 0.128 e. The number of benzene rings is 2. The van der Waals surface area contributed by atoms with Gasteiger partial charge in [0, 0.05) is 5.56 Å². The molecule has 0 spiro atoms. The average Bonchev–Trinajstić information content (AvgIpc) is 2.33. The molecule has 0 saturated carbocycles. The summed E-state index contributed by atoms with van der Waals surface area (Å²) in [7, 11) is 0. The van der Waals surface area contributed by atoms with Crippen LogP contribution in [0.3, 0.4) is 0 Å². The second-order valence-electron chi connectivity index (χ2n) is 4.04. The van der Waals surface area contributed by atoms with E-state index in [1.165, 1.54) is 25.1 Å². The maximum absolute atomic E-state index is 13.8. The largest absolute Gasteiger partial charge is 0.207 e. The Morgan fingerprint density at radius 1 is 1.00 bits per heavy atom. The number of hydrogen-bond acceptors (Lipinski definition) is 0. The lowest BCUT2D eigenvalue weighted by Gasteiger charge is -2.13. The average molecular weight is 315 g/mol. The lowest BCUT2D eigenvalue weighted by atomic mass is 10.0. The third kappa shape index (κ3) is 2.58. The highest BCUT2D eigenvalue weighted by molar-refractivity contribution is 9.09. The summed E-state index contributed by atoms with van der Waals surface area (Å²) in [5, 5.41) is 0. The Morgan fingerprint density at radius 2 is 1.72 bits per heavy atom. The molecule has 0 fully saturated rings. The Hall–Kier alpha value is -1.29. The van der Waals surface area contributed by atoms with E-state index >= 15 is 0 Å². The zero-order chi connectivity index (χ0) is 13.3. The quantitative estimate of drug-likeness (QED) is 0.692. The van der Waals surface area contributed by atoms with E-state index in [9.17, 15) is 13.2 Å². The Labute approximate surface area is 112 Å². The second-order valence-corrected chi connectivity index (χ2v) is 4.96. The molecule has 0 amide bonds. The molecule has 0 aromatic heterocycles. The van der Waals surface area contributed by atoms with Gasteiger partial charge in [0.05, 0.1) is 4.83 Å². The third-order valence-corrected chi connectivity index (χ3v) is 3.71. The Bertz CT molecular complexity index is 581. The first-order chi connectivity index (χ1) is 8.49. The minimum absolute atomic E-state index is 0.156. The van der Waals surface area contributed by atoms with Crippen molar-refractivity contribution in [3.8, 4) is 0 Å². The van der Waals surface area contributed by atoms with E-state index in [0.717, 1.165) is 12.1 Å². The molecule has 0 radical (unpaired) electrons. The van der Waals surface area contributed by atoms with Crippen LogP contribution < -0.4 is 0 Å². The predicted molar refractivity (Wildman–Crippen MR) is 68.3 cm³/mol. The zero-order valence-corrected chi connectivity index (χ0v) is 11.1. The fourth-order valence-corrected chi connectivity index (χ4v) is 2.34. The van der Waals surface area contributed by atoms with Gasteiger partial charge in [0.15, 0.2) is 0 Å². The van der Waals surface area contributed by atoms with Crippen LogP contribution in [0.1, 0.15) is 21.5 Å². The van der Waals surface area contributed by atoms with Gasteiger partial charge < -0.3 is 0 Å². The van der Waals surface area contributed by atoms with Gasteiger partial charge in [-0.15, -0.1) is 0 Å². The van der Waals surface area contributed by atoms with Crippen LogP contribution in [0.25, 0.3) is 0 Å². The molecule has 0 bridgehead atoms. The Kier molecular flexibility index (Phi) is 3.76. The molecule has 94 valence electrons. The SMILES string of the molecule is Cc1cc(F)c(C(Br)c2cccc(F)c2)cc1F. The summed E-state index contributed by atoms with van der Waals surface area (Å²) in [6.07, 6.45) is 0. The van der Waals surface area contributed by atoms with Crippen LogP contribution in [0.2, 0.25) is 0 Å². The molecule has 0 nitrogen and oxygen atoms in total. The first-order valence-corrected chi connectivity index (χ1v) is 6.25. The van der Waals surface area contributed by atoms with E-state index in [1.807, 2.05) is 0 Å². The van der Waals surface area contributed by atoms with Crippen molar-refractivity contribution in [2.24, 2.45) is 0 Å². The van der Waals surface area contributed by atoms with Gasteiger partial charge in [0.25, 0.3) is 0 Å². The van der Waals surface area contributed by atoms with Crippen molar-refractivity contribution in [3.05, 3.63) is 70.5 Å². The van der Waals surface area contributed by atoms with Crippen LogP contribution >= 0.6 is 15.9 Å². The van der Waals surface area contributed by atoms with Crippen molar-refractivity contribution in [1.82, 2.24) is 0 Å². The summed E-state index contributed by atoms with van der Waals surface area (Å²) >= 11 is 3.26. The summed E-state index contributed by atoms with van der Waals surface area (Å²) in [5.74, 6) is -1.41. The van der Waals surface area contributed by atoms with Crippen LogP contribution in [-0.2, 0) is 0 Å². The zero-order valence-electron chi connectivity index (χ0n) is 9.55. The fraction of sp³-hybridized carbons (Fsp3) is 0.143. The molecular weight excluding hydrogens is 305 g/mol. The summed E-state index contributed by atoms with van der Waals surface area (Å²) in [6.45, 7) is 1.49. The first kappa shape index (κ1) is 13.1. The number of hydrogen-bond donors (Lipinski definition) is 0. The molecule has 1 unspecified atom stereocenters. The predicted octanol–water partition coefficient (Wildman–Crippen LogP) is 4.90. The van der Waals surface area contributed by atoms with Crippen LogP contribution in [0.5, 0.6) is 0 Å². The van der Waals surface area contributed by atoms with Gasteiger partial charge in [-0.25, -0.2) is 13.2 Å². The van der Waals surface area contributed by atoms with E-state index in [-0.39, 0.29) is 11.1 Å². The molecule has 2 rings (SSSR count). The highest BCUT2D eigenvalue weighted by Crippen LogP contribution is 2.33. The fourth-order valence-electron chi connectivity index (χ4n) is 1.70. The van der Waals surface area contributed by atoms with Crippen molar-refractivity contribution in [2.45, 2.75) is 11.8 Å². The van der Waals surface area contributed by atoms with Crippen LogP contribution in [0.4, 0.5) is 13.2 Å². The highest BCUT2D eigenvalue weighted by Gasteiger charge is 2.17. The van der Waals surface area contributed by atoms with Crippen molar-refractivity contribution >= 4 is 15.9 Å². The number of aryl methyl sites for hydroxylation is 1. The smallest absolute Gasteiger partial charge is 0.128 e. The van der Waals surface area contributed by atoms with Gasteiger partial charge in [-0.3, -0.25) is 0 Å². The van der Waals surface area contributed by atoms with E-state index < -0.39 is 22.3 Å². The molecular formula is C14H10BrF3. The van der Waals surface area contributed by atoms with E-state index in [2.05, 4.69) is 15.9 Å². The molecule has 0 N–H and O–H groups in total. The molecule has 0 aliphatic heterocycles. The molecule has 0 saturated heterocycles. The van der Waals surface area contributed by atoms with Gasteiger partial charge in [-0.05, 0) is 42.3 Å². The van der Waals surface area contributed by atoms with Gasteiger partial charge in [-0.1, -0.05) is 28.1 Å². The molecule has 0 aliphatic rings. The second kappa shape index (κ2) is 5.14. The topological polar surface area (TPSA) is 0 Å². The Balaban J connectivity index is 2.46. The van der Waals surface area contributed by atoms with Crippen LogP contribution in [-0.4, -0.2) is 0 Å². The number of alkyl halides is 1. The molecule has 0 heterocycles. The molecule has 18 heavy (non-hydrogen) atoms. The van der Waals surface area contributed by atoms with E-state index in [0.29, 0.717) is 5.56 Å². The number of halogens is 4. The van der Waals surface area contributed by atoms with Crippen molar-refractivity contribution < 1.29 is 13.2 Å². The lowest BCUT2D eigenvalue weighted by molar-refractivity contribution is 0.581. The summed E-state index contributed by atoms with van der Waals surface area (Å²) in [5.41, 5.74) is 0.941. The monoisotopic (exact) mass is 314 g/mol. The van der Waals surface area contributed by atoms with Crippen LogP contribution in [0.15, 0.2) is 36.4 Å². The molecule has 0 aliphatic carbocycles. The minimum Gasteiger partial charge on any atom is -0.207 e. The van der Waals surface area contributed by atoms with Gasteiger partial charge >= 0.3 is 0 Å². The molecule has 1 atom stereocenters. The summed E-state index contributed by atoms with van der Waals surface area (Å²) in [6, 6.07) is 8.04. The van der Waals surface area contributed by atoms with Gasteiger partial charge in [0.1, 0.15) is 17.5 Å². The number of rotatable bonds is 2. The summed E-state index contributed by atoms with van der Waals surface area (Å²) < 4.78 is 40.3.